The minimum atomic E-state index is -4.62. The second-order valence-electron chi connectivity index (χ2n) is 4.59. The fraction of sp³-hybridized carbons (Fsp3) is 0.800. The van der Waals surface area contributed by atoms with Crippen molar-refractivity contribution < 1.29 is 17.7 Å². The maximum Gasteiger partial charge on any atom is 0.471 e. The van der Waals surface area contributed by atoms with Crippen molar-refractivity contribution in [3.8, 4) is 0 Å². The van der Waals surface area contributed by atoms with Crippen molar-refractivity contribution in [3.63, 3.8) is 0 Å². The van der Waals surface area contributed by atoms with E-state index in [1.54, 1.807) is 0 Å². The molecular weight excluding hydrogens is 235 g/mol. The molecule has 4 nitrogen and oxygen atoms in total. The van der Waals surface area contributed by atoms with Crippen LogP contribution in [0.3, 0.4) is 0 Å². The van der Waals surface area contributed by atoms with Crippen LogP contribution in [0, 0.1) is 11.8 Å². The number of hydrogen-bond donors (Lipinski definition) is 1. The fourth-order valence-electron chi connectivity index (χ4n) is 1.63. The summed E-state index contributed by atoms with van der Waals surface area (Å²) < 4.78 is 40.9. The lowest BCUT2D eigenvalue weighted by Gasteiger charge is -2.18. The first kappa shape index (κ1) is 14.0. The average molecular weight is 251 g/mol. The third-order valence-corrected chi connectivity index (χ3v) is 2.44. The van der Waals surface area contributed by atoms with Gasteiger partial charge in [-0.15, -0.1) is 0 Å². The van der Waals surface area contributed by atoms with Crippen LogP contribution in [0.4, 0.5) is 13.2 Å². The molecule has 0 aliphatic heterocycles. The zero-order chi connectivity index (χ0) is 13.2. The molecule has 0 saturated carbocycles. The van der Waals surface area contributed by atoms with E-state index in [9.17, 15) is 13.2 Å². The standard InChI is InChI=1S/C10H16F3N3O/c1-5(2)4-6(3)7(14)8-15-9(17-16-8)10(11,12)13/h5-7H,4,14H2,1-3H3. The smallest absolute Gasteiger partial charge is 0.329 e. The third-order valence-electron chi connectivity index (χ3n) is 2.44. The first-order valence-corrected chi connectivity index (χ1v) is 5.38. The number of halogens is 3. The zero-order valence-electron chi connectivity index (χ0n) is 9.95. The minimum absolute atomic E-state index is 0.00585. The van der Waals surface area contributed by atoms with Crippen molar-refractivity contribution >= 4 is 0 Å². The Kier molecular flexibility index (Phi) is 4.13. The van der Waals surface area contributed by atoms with Crippen molar-refractivity contribution in [1.82, 2.24) is 10.1 Å². The largest absolute Gasteiger partial charge is 0.471 e. The van der Waals surface area contributed by atoms with E-state index in [0.29, 0.717) is 5.92 Å². The van der Waals surface area contributed by atoms with Gasteiger partial charge < -0.3 is 10.3 Å². The molecule has 0 aliphatic carbocycles. The highest BCUT2D eigenvalue weighted by molar-refractivity contribution is 4.96. The van der Waals surface area contributed by atoms with Crippen LogP contribution >= 0.6 is 0 Å². The molecule has 1 heterocycles. The Morgan fingerprint density at radius 3 is 2.29 bits per heavy atom. The van der Waals surface area contributed by atoms with E-state index in [0.717, 1.165) is 6.42 Å². The van der Waals surface area contributed by atoms with Gasteiger partial charge in [0.05, 0.1) is 6.04 Å². The van der Waals surface area contributed by atoms with Crippen molar-refractivity contribution in [2.75, 3.05) is 0 Å². The van der Waals surface area contributed by atoms with Crippen molar-refractivity contribution in [3.05, 3.63) is 11.7 Å². The molecule has 98 valence electrons. The molecule has 0 bridgehead atoms. The normalized spacial score (nSPS) is 16.2. The summed E-state index contributed by atoms with van der Waals surface area (Å²) in [5.74, 6) is -1.04. The van der Waals surface area contributed by atoms with Crippen LogP contribution in [-0.4, -0.2) is 10.1 Å². The van der Waals surface area contributed by atoms with Crippen LogP contribution in [0.2, 0.25) is 0 Å². The molecule has 1 rings (SSSR count). The molecule has 1 aromatic heterocycles. The molecule has 17 heavy (non-hydrogen) atoms. The number of alkyl halides is 3. The molecule has 2 atom stereocenters. The lowest BCUT2D eigenvalue weighted by atomic mass is 9.92. The number of rotatable bonds is 4. The molecule has 0 aliphatic rings. The van der Waals surface area contributed by atoms with Crippen LogP contribution in [0.15, 0.2) is 4.52 Å². The Morgan fingerprint density at radius 2 is 1.88 bits per heavy atom. The zero-order valence-corrected chi connectivity index (χ0v) is 9.95. The molecule has 7 heteroatoms. The number of aromatic nitrogens is 2. The Hall–Kier alpha value is -1.11. The SMILES string of the molecule is CC(C)CC(C)C(N)c1noc(C(F)(F)F)n1. The molecule has 0 saturated heterocycles. The van der Waals surface area contributed by atoms with Crippen molar-refractivity contribution in [1.29, 1.82) is 0 Å². The van der Waals surface area contributed by atoms with Gasteiger partial charge in [-0.25, -0.2) is 0 Å². The topological polar surface area (TPSA) is 64.9 Å². The highest BCUT2D eigenvalue weighted by Crippen LogP contribution is 2.29. The van der Waals surface area contributed by atoms with E-state index in [1.165, 1.54) is 0 Å². The molecule has 0 amide bonds. The van der Waals surface area contributed by atoms with Crippen LogP contribution < -0.4 is 5.73 Å². The molecule has 2 N–H and O–H groups in total. The summed E-state index contributed by atoms with van der Waals surface area (Å²) in [5.41, 5.74) is 5.79. The van der Waals surface area contributed by atoms with E-state index < -0.39 is 18.1 Å². The lowest BCUT2D eigenvalue weighted by molar-refractivity contribution is -0.159. The summed E-state index contributed by atoms with van der Waals surface area (Å²) in [6, 6.07) is -0.641. The molecule has 0 aromatic carbocycles. The summed E-state index contributed by atoms with van der Waals surface area (Å²) in [7, 11) is 0. The Bertz CT molecular complexity index is 362. The predicted molar refractivity (Wildman–Crippen MR) is 54.8 cm³/mol. The molecule has 2 unspecified atom stereocenters. The fourth-order valence-corrected chi connectivity index (χ4v) is 1.63. The quantitative estimate of drug-likeness (QED) is 0.893. The van der Waals surface area contributed by atoms with E-state index in [4.69, 9.17) is 5.73 Å². The molecule has 0 radical (unpaired) electrons. The average Bonchev–Trinajstić information content (AvgIpc) is 2.63. The van der Waals surface area contributed by atoms with E-state index in [2.05, 4.69) is 14.7 Å². The van der Waals surface area contributed by atoms with Crippen LogP contribution in [0.5, 0.6) is 0 Å². The van der Waals surface area contributed by atoms with Gasteiger partial charge in [0.1, 0.15) is 0 Å². The summed E-state index contributed by atoms with van der Waals surface area (Å²) in [6.45, 7) is 5.88. The van der Waals surface area contributed by atoms with Crippen molar-refractivity contribution in [2.45, 2.75) is 39.4 Å². The molecule has 0 spiro atoms. The highest BCUT2D eigenvalue weighted by atomic mass is 19.4. The van der Waals surface area contributed by atoms with Crippen molar-refractivity contribution in [2.24, 2.45) is 17.6 Å². The highest BCUT2D eigenvalue weighted by Gasteiger charge is 2.39. The summed E-state index contributed by atoms with van der Waals surface area (Å²) in [4.78, 5) is 3.28. The second kappa shape index (κ2) is 5.03. The summed E-state index contributed by atoms with van der Waals surface area (Å²) in [6.07, 6.45) is -3.83. The van der Waals surface area contributed by atoms with Gasteiger partial charge in [0, 0.05) is 0 Å². The van der Waals surface area contributed by atoms with Gasteiger partial charge in [-0.1, -0.05) is 25.9 Å². The van der Waals surface area contributed by atoms with Gasteiger partial charge in [-0.05, 0) is 18.3 Å². The molecule has 0 fully saturated rings. The van der Waals surface area contributed by atoms with E-state index >= 15 is 0 Å². The number of nitrogens with zero attached hydrogens (tertiary/aromatic N) is 2. The first-order valence-electron chi connectivity index (χ1n) is 5.38. The monoisotopic (exact) mass is 251 g/mol. The van der Waals surface area contributed by atoms with Gasteiger partial charge in [0.25, 0.3) is 0 Å². The maximum atomic E-state index is 12.2. The van der Waals surface area contributed by atoms with Crippen LogP contribution in [-0.2, 0) is 6.18 Å². The Morgan fingerprint density at radius 1 is 1.29 bits per heavy atom. The summed E-state index contributed by atoms with van der Waals surface area (Å²) >= 11 is 0. The first-order chi connectivity index (χ1) is 7.71. The predicted octanol–water partition coefficient (Wildman–Crippen LogP) is 2.77. The molecular formula is C10H16F3N3O. The lowest BCUT2D eigenvalue weighted by Crippen LogP contribution is -2.22. The van der Waals surface area contributed by atoms with E-state index in [1.807, 2.05) is 20.8 Å². The van der Waals surface area contributed by atoms with Crippen LogP contribution in [0.25, 0.3) is 0 Å². The number of nitrogens with two attached hydrogens (primary N) is 1. The maximum absolute atomic E-state index is 12.2. The second-order valence-corrected chi connectivity index (χ2v) is 4.59. The Labute approximate surface area is 97.4 Å². The van der Waals surface area contributed by atoms with E-state index in [-0.39, 0.29) is 11.7 Å². The summed E-state index contributed by atoms with van der Waals surface area (Å²) in [5, 5.41) is 3.28. The van der Waals surface area contributed by atoms with Gasteiger partial charge in [0.2, 0.25) is 0 Å². The van der Waals surface area contributed by atoms with Gasteiger partial charge in [-0.3, -0.25) is 0 Å². The Balaban J connectivity index is 2.76. The van der Waals surface area contributed by atoms with Crippen LogP contribution in [0.1, 0.15) is 44.9 Å². The molecule has 1 aromatic rings. The number of hydrogen-bond acceptors (Lipinski definition) is 4. The third kappa shape index (κ3) is 3.69. The van der Waals surface area contributed by atoms with Gasteiger partial charge in [0.15, 0.2) is 5.82 Å². The van der Waals surface area contributed by atoms with Gasteiger partial charge in [-0.2, -0.15) is 18.2 Å². The minimum Gasteiger partial charge on any atom is -0.329 e. The van der Waals surface area contributed by atoms with Gasteiger partial charge >= 0.3 is 12.1 Å².